The van der Waals surface area contributed by atoms with Gasteiger partial charge in [-0.1, -0.05) is 142 Å². The van der Waals surface area contributed by atoms with Crippen molar-refractivity contribution >= 4 is 40.7 Å². The van der Waals surface area contributed by atoms with E-state index in [4.69, 9.17) is 13.5 Å². The van der Waals surface area contributed by atoms with Crippen molar-refractivity contribution in [3.63, 3.8) is 0 Å². The Bertz CT molecular complexity index is 1740. The highest BCUT2D eigenvalue weighted by molar-refractivity contribution is 7.80. The molecule has 7 rings (SSSR count). The first-order valence-electron chi connectivity index (χ1n) is 17.0. The molecule has 1 unspecified atom stereocenters. The molecular formula is C41H45NO3P2Si. The Balaban J connectivity index is 1.35. The third-order valence-corrected chi connectivity index (χ3v) is 18.6. The third kappa shape index (κ3) is 6.28. The van der Waals surface area contributed by atoms with Gasteiger partial charge in [-0.2, -0.15) is 0 Å². The lowest BCUT2D eigenvalue weighted by molar-refractivity contribution is 0.108. The summed E-state index contributed by atoms with van der Waals surface area (Å²) in [5.74, 6) is 1.77. The zero-order chi connectivity index (χ0) is 33.4. The summed E-state index contributed by atoms with van der Waals surface area (Å²) in [6.07, 6.45) is 2.17. The predicted octanol–water partition coefficient (Wildman–Crippen LogP) is 9.87. The van der Waals surface area contributed by atoms with Crippen LogP contribution >= 0.6 is 16.4 Å². The van der Waals surface area contributed by atoms with E-state index in [1.165, 1.54) is 21.7 Å². The van der Waals surface area contributed by atoms with Gasteiger partial charge in [-0.05, 0) is 78.8 Å². The highest BCUT2D eigenvalue weighted by Gasteiger charge is 2.59. The number of nitrogens with zero attached hydrogens (tertiary/aromatic N) is 1. The van der Waals surface area contributed by atoms with Crippen LogP contribution in [-0.4, -0.2) is 25.6 Å². The minimum Gasteiger partial charge on any atom is -0.543 e. The Morgan fingerprint density at radius 3 is 1.79 bits per heavy atom. The molecule has 7 heteroatoms. The largest absolute Gasteiger partial charge is 0.543 e. The summed E-state index contributed by atoms with van der Waals surface area (Å²) in [5, 5.41) is 3.78. The van der Waals surface area contributed by atoms with Gasteiger partial charge in [0, 0.05) is 11.8 Å². The van der Waals surface area contributed by atoms with E-state index in [9.17, 15) is 0 Å². The lowest BCUT2D eigenvalue weighted by Gasteiger charge is -2.37. The van der Waals surface area contributed by atoms with E-state index < -0.39 is 30.4 Å². The second-order valence-corrected chi connectivity index (χ2v) is 22.5. The summed E-state index contributed by atoms with van der Waals surface area (Å²) in [7, 11) is -4.46. The van der Waals surface area contributed by atoms with Crippen molar-refractivity contribution in [3.8, 4) is 11.5 Å². The van der Waals surface area contributed by atoms with E-state index in [0.717, 1.165) is 36.2 Å². The summed E-state index contributed by atoms with van der Waals surface area (Å²) in [5.41, 5.74) is 1.74. The van der Waals surface area contributed by atoms with Gasteiger partial charge in [-0.15, -0.1) is 0 Å². The fourth-order valence-corrected chi connectivity index (χ4v) is 12.1. The number of hydrogen-bond acceptors (Lipinski definition) is 4. The average molecular weight is 690 g/mol. The van der Waals surface area contributed by atoms with Crippen LogP contribution in [0, 0.1) is 0 Å². The topological polar surface area (TPSA) is 30.9 Å². The van der Waals surface area contributed by atoms with Gasteiger partial charge in [0.1, 0.15) is 17.1 Å². The molecule has 0 saturated carbocycles. The van der Waals surface area contributed by atoms with Crippen molar-refractivity contribution < 1.29 is 13.5 Å². The minimum atomic E-state index is -2.09. The molecule has 2 saturated heterocycles. The lowest BCUT2D eigenvalue weighted by atomic mass is 9.79. The zero-order valence-corrected chi connectivity index (χ0v) is 31.3. The fourth-order valence-electron chi connectivity index (χ4n) is 6.62. The van der Waals surface area contributed by atoms with Crippen molar-refractivity contribution in [1.29, 1.82) is 0 Å². The van der Waals surface area contributed by atoms with E-state index in [-0.39, 0.29) is 11.1 Å². The number of fused-ring (bicyclic) bond motifs is 1. The van der Waals surface area contributed by atoms with Gasteiger partial charge in [0.15, 0.2) is 0 Å². The van der Waals surface area contributed by atoms with Crippen LogP contribution in [0.2, 0.25) is 18.1 Å². The quantitative estimate of drug-likeness (QED) is 0.114. The Morgan fingerprint density at radius 2 is 1.27 bits per heavy atom. The molecular weight excluding hydrogens is 644 g/mol. The maximum absolute atomic E-state index is 7.35. The number of rotatable bonds is 9. The van der Waals surface area contributed by atoms with Crippen LogP contribution < -0.4 is 24.9 Å². The van der Waals surface area contributed by atoms with Gasteiger partial charge in [0.25, 0.3) is 0 Å². The second kappa shape index (κ2) is 13.5. The molecule has 2 aliphatic rings. The normalized spacial score (nSPS) is 19.3. The molecule has 246 valence electrons. The van der Waals surface area contributed by atoms with Crippen LogP contribution in [0.3, 0.4) is 0 Å². The summed E-state index contributed by atoms with van der Waals surface area (Å²) < 4.78 is 24.0. The van der Waals surface area contributed by atoms with E-state index in [2.05, 4.69) is 178 Å². The fraction of sp³-hybridized carbons (Fsp3) is 0.268. The minimum absolute atomic E-state index is 0.0792. The van der Waals surface area contributed by atoms with E-state index in [0.29, 0.717) is 0 Å². The molecule has 0 bridgehead atoms. The molecule has 0 spiro atoms. The van der Waals surface area contributed by atoms with Crippen molar-refractivity contribution in [2.24, 2.45) is 0 Å². The Kier molecular flexibility index (Phi) is 9.37. The molecule has 0 amide bonds. The van der Waals surface area contributed by atoms with Crippen LogP contribution in [-0.2, 0) is 10.1 Å². The van der Waals surface area contributed by atoms with Gasteiger partial charge in [-0.25, -0.2) is 4.67 Å². The molecule has 2 atom stereocenters. The maximum Gasteiger partial charge on any atom is 0.322 e. The Labute approximate surface area is 289 Å². The van der Waals surface area contributed by atoms with E-state index in [1.54, 1.807) is 0 Å². The molecule has 4 nitrogen and oxygen atoms in total. The standard InChI is InChI=1S/C41H45NO3P2Si/c1-40(2,3)48(4,5)44-34-28-29-37(38(31-34)46(35-23-14-8-15-24-35)36-25-16-9-17-26-36)43-47-42-30-18-27-39(42)41(45-47,32-19-10-6-11-20-32)33-21-12-7-13-22-33/h6-17,19-26,28-29,31,39H,18,27,30H2,1-5H3/t39-,47?/m0/s1. The molecule has 5 aromatic carbocycles. The SMILES string of the molecule is CC(C)(C)[Si](C)(C)Oc1ccc(OP2OC(c3ccccc3)(c3ccccc3)[C@@H]3CCCN32)c(P(c2ccccc2)c2ccccc2)c1. The first kappa shape index (κ1) is 33.2. The molecule has 2 aliphatic heterocycles. The Hall–Kier alpha value is -3.30. The van der Waals surface area contributed by atoms with Crippen LogP contribution in [0.15, 0.2) is 140 Å². The Morgan fingerprint density at radius 1 is 0.750 bits per heavy atom. The maximum atomic E-state index is 7.35. The summed E-state index contributed by atoms with van der Waals surface area (Å²) in [6, 6.07) is 49.9. The molecule has 0 radical (unpaired) electrons. The summed E-state index contributed by atoms with van der Waals surface area (Å²) in [4.78, 5) is 0. The van der Waals surface area contributed by atoms with Gasteiger partial charge in [0.2, 0.25) is 8.32 Å². The van der Waals surface area contributed by atoms with Crippen molar-refractivity contribution in [3.05, 3.63) is 151 Å². The van der Waals surface area contributed by atoms with Gasteiger partial charge < -0.3 is 8.95 Å². The number of benzene rings is 5. The van der Waals surface area contributed by atoms with Crippen molar-refractivity contribution in [2.75, 3.05) is 6.54 Å². The van der Waals surface area contributed by atoms with Crippen molar-refractivity contribution in [1.82, 2.24) is 4.67 Å². The summed E-state index contributed by atoms with van der Waals surface area (Å²) >= 11 is 0. The van der Waals surface area contributed by atoms with Crippen LogP contribution in [0.1, 0.15) is 44.7 Å². The number of hydrogen-bond donors (Lipinski definition) is 0. The molecule has 0 N–H and O–H groups in total. The van der Waals surface area contributed by atoms with Crippen LogP contribution in [0.4, 0.5) is 0 Å². The predicted molar refractivity (Wildman–Crippen MR) is 205 cm³/mol. The third-order valence-electron chi connectivity index (χ3n) is 10.1. The first-order chi connectivity index (χ1) is 23.2. The molecule has 0 aliphatic carbocycles. The van der Waals surface area contributed by atoms with Gasteiger partial charge in [-0.3, -0.25) is 4.52 Å². The lowest BCUT2D eigenvalue weighted by Crippen LogP contribution is -2.44. The highest BCUT2D eigenvalue weighted by atomic mass is 31.2. The van der Waals surface area contributed by atoms with E-state index >= 15 is 0 Å². The van der Waals surface area contributed by atoms with Crippen molar-refractivity contribution in [2.45, 2.75) is 63.4 Å². The highest BCUT2D eigenvalue weighted by Crippen LogP contribution is 2.65. The van der Waals surface area contributed by atoms with Gasteiger partial charge in [0.05, 0.1) is 6.04 Å². The first-order valence-corrected chi connectivity index (χ1v) is 22.3. The molecule has 48 heavy (non-hydrogen) atoms. The second-order valence-electron chi connectivity index (χ2n) is 14.2. The molecule has 2 heterocycles. The van der Waals surface area contributed by atoms with Gasteiger partial charge >= 0.3 is 8.53 Å². The van der Waals surface area contributed by atoms with Crippen LogP contribution in [0.25, 0.3) is 0 Å². The monoisotopic (exact) mass is 689 g/mol. The smallest absolute Gasteiger partial charge is 0.322 e. The zero-order valence-electron chi connectivity index (χ0n) is 28.5. The average Bonchev–Trinajstić information content (AvgIpc) is 3.70. The van der Waals surface area contributed by atoms with Crippen LogP contribution in [0.5, 0.6) is 11.5 Å². The molecule has 0 aromatic heterocycles. The van der Waals surface area contributed by atoms with E-state index in [1.807, 2.05) is 0 Å². The molecule has 5 aromatic rings. The summed E-state index contributed by atoms with van der Waals surface area (Å²) in [6.45, 7) is 12.4. The molecule has 2 fully saturated rings.